The first kappa shape index (κ1) is 21.4. The first-order chi connectivity index (χ1) is 14.0. The van der Waals surface area contributed by atoms with Crippen molar-refractivity contribution < 1.29 is 23.8 Å². The van der Waals surface area contributed by atoms with Crippen LogP contribution in [0.5, 0.6) is 5.75 Å². The number of urea groups is 1. The standard InChI is InChI=1S/C19H22FN3O4S2/c1-27-13-6-7-15(14(20)8-13)23(10-12-4-2-3-5-12)19(26)22-18-21-9-17(29-18)28-11-16(24)25/h6-9,12H,2-5,10-11H2,1H3,(H,24,25)(H,21,22,26). The van der Waals surface area contributed by atoms with Crippen LogP contribution < -0.4 is 15.0 Å². The molecular weight excluding hydrogens is 417 g/mol. The molecule has 1 fully saturated rings. The van der Waals surface area contributed by atoms with Crippen molar-refractivity contribution in [1.29, 1.82) is 0 Å². The van der Waals surface area contributed by atoms with Crippen molar-refractivity contribution in [3.63, 3.8) is 0 Å². The maximum atomic E-state index is 14.7. The van der Waals surface area contributed by atoms with E-state index in [0.717, 1.165) is 37.4 Å². The van der Waals surface area contributed by atoms with Crippen molar-refractivity contribution in [2.75, 3.05) is 29.6 Å². The van der Waals surface area contributed by atoms with Crippen LogP contribution in [0.1, 0.15) is 25.7 Å². The fourth-order valence-electron chi connectivity index (χ4n) is 3.25. The summed E-state index contributed by atoms with van der Waals surface area (Å²) in [5, 5.41) is 11.8. The van der Waals surface area contributed by atoms with E-state index in [9.17, 15) is 14.0 Å². The Bertz CT molecular complexity index is 871. The normalized spacial score (nSPS) is 14.0. The number of hydrogen-bond donors (Lipinski definition) is 2. The van der Waals surface area contributed by atoms with Gasteiger partial charge in [0.1, 0.15) is 5.75 Å². The average molecular weight is 440 g/mol. The van der Waals surface area contributed by atoms with Gasteiger partial charge in [-0.05, 0) is 30.9 Å². The second kappa shape index (κ2) is 9.93. The summed E-state index contributed by atoms with van der Waals surface area (Å²) in [5.41, 5.74) is 0.187. The number of rotatable bonds is 8. The van der Waals surface area contributed by atoms with E-state index in [-0.39, 0.29) is 11.4 Å². The lowest BCUT2D eigenvalue weighted by atomic mass is 10.1. The van der Waals surface area contributed by atoms with E-state index in [1.54, 1.807) is 12.1 Å². The zero-order valence-corrected chi connectivity index (χ0v) is 17.5. The fraction of sp³-hybridized carbons (Fsp3) is 0.421. The van der Waals surface area contributed by atoms with E-state index in [0.29, 0.717) is 27.6 Å². The molecule has 7 nitrogen and oxygen atoms in total. The quantitative estimate of drug-likeness (QED) is 0.580. The molecule has 0 spiro atoms. The molecule has 1 aromatic carbocycles. The van der Waals surface area contributed by atoms with E-state index in [4.69, 9.17) is 9.84 Å². The monoisotopic (exact) mass is 439 g/mol. The van der Waals surface area contributed by atoms with E-state index < -0.39 is 17.8 Å². The number of amides is 2. The van der Waals surface area contributed by atoms with Gasteiger partial charge in [0.2, 0.25) is 0 Å². The van der Waals surface area contributed by atoms with Crippen molar-refractivity contribution in [1.82, 2.24) is 4.98 Å². The molecule has 0 bridgehead atoms. The number of halogens is 1. The molecule has 1 aromatic heterocycles. The topological polar surface area (TPSA) is 91.8 Å². The molecule has 1 aliphatic rings. The van der Waals surface area contributed by atoms with Crippen LogP contribution in [-0.4, -0.2) is 41.5 Å². The van der Waals surface area contributed by atoms with E-state index >= 15 is 0 Å². The van der Waals surface area contributed by atoms with Gasteiger partial charge in [-0.25, -0.2) is 14.2 Å². The molecule has 0 radical (unpaired) electrons. The molecule has 3 rings (SSSR count). The highest BCUT2D eigenvalue weighted by molar-refractivity contribution is 8.01. The summed E-state index contributed by atoms with van der Waals surface area (Å²) in [4.78, 5) is 29.2. The molecule has 2 N–H and O–H groups in total. The van der Waals surface area contributed by atoms with Gasteiger partial charge in [0.25, 0.3) is 0 Å². The molecule has 156 valence electrons. The van der Waals surface area contributed by atoms with Gasteiger partial charge < -0.3 is 9.84 Å². The number of carboxylic acid groups (broad SMARTS) is 1. The molecule has 29 heavy (non-hydrogen) atoms. The Balaban J connectivity index is 1.76. The lowest BCUT2D eigenvalue weighted by Gasteiger charge is -2.26. The highest BCUT2D eigenvalue weighted by Gasteiger charge is 2.26. The van der Waals surface area contributed by atoms with Crippen LogP contribution in [0.15, 0.2) is 28.6 Å². The van der Waals surface area contributed by atoms with Gasteiger partial charge in [0, 0.05) is 12.6 Å². The Morgan fingerprint density at radius 2 is 2.17 bits per heavy atom. The van der Waals surface area contributed by atoms with E-state index in [1.807, 2.05) is 0 Å². The third-order valence-corrected chi connectivity index (χ3v) is 6.73. The van der Waals surface area contributed by atoms with Crippen molar-refractivity contribution in [3.8, 4) is 5.75 Å². The minimum Gasteiger partial charge on any atom is -0.497 e. The second-order valence-electron chi connectivity index (χ2n) is 6.68. The van der Waals surface area contributed by atoms with E-state index in [1.165, 1.54) is 35.6 Å². The van der Waals surface area contributed by atoms with Crippen molar-refractivity contribution >= 4 is 45.9 Å². The summed E-state index contributed by atoms with van der Waals surface area (Å²) in [5.74, 6) is -0.839. The molecule has 1 saturated carbocycles. The minimum atomic E-state index is -0.924. The summed E-state index contributed by atoms with van der Waals surface area (Å²) in [6.45, 7) is 0.418. The molecule has 1 heterocycles. The third kappa shape index (κ3) is 5.83. The smallest absolute Gasteiger partial charge is 0.328 e. The SMILES string of the molecule is COc1ccc(N(CC2CCCC2)C(=O)Nc2ncc(SCC(=O)O)s2)c(F)c1. The molecule has 1 aliphatic carbocycles. The van der Waals surface area contributed by atoms with Crippen molar-refractivity contribution in [2.45, 2.75) is 29.9 Å². The number of thioether (sulfide) groups is 1. The number of ether oxygens (including phenoxy) is 1. The predicted molar refractivity (Wildman–Crippen MR) is 112 cm³/mol. The number of anilines is 2. The Kier molecular flexibility index (Phi) is 7.32. The molecule has 2 amide bonds. The maximum Gasteiger partial charge on any atom is 0.328 e. The second-order valence-corrected chi connectivity index (χ2v) is 8.98. The maximum absolute atomic E-state index is 14.7. The molecule has 10 heteroatoms. The Hall–Kier alpha value is -2.33. The molecule has 0 aliphatic heterocycles. The first-order valence-corrected chi connectivity index (χ1v) is 11.0. The van der Waals surface area contributed by atoms with Crippen LogP contribution in [0, 0.1) is 11.7 Å². The lowest BCUT2D eigenvalue weighted by Crippen LogP contribution is -2.38. The number of hydrogen-bond acceptors (Lipinski definition) is 6. The first-order valence-electron chi connectivity index (χ1n) is 9.18. The van der Waals surface area contributed by atoms with Gasteiger partial charge in [-0.15, -0.1) is 11.8 Å². The largest absolute Gasteiger partial charge is 0.497 e. The summed E-state index contributed by atoms with van der Waals surface area (Å²) in [7, 11) is 1.46. The molecule has 0 saturated heterocycles. The Morgan fingerprint density at radius 1 is 1.41 bits per heavy atom. The van der Waals surface area contributed by atoms with Crippen molar-refractivity contribution in [2.24, 2.45) is 5.92 Å². The van der Waals surface area contributed by atoms with Gasteiger partial charge >= 0.3 is 12.0 Å². The number of aliphatic carboxylic acids is 1. The van der Waals surface area contributed by atoms with Crippen LogP contribution in [0.2, 0.25) is 0 Å². The van der Waals surface area contributed by atoms with Gasteiger partial charge in [0.05, 0.1) is 29.0 Å². The Morgan fingerprint density at radius 3 is 2.83 bits per heavy atom. The molecule has 0 atom stereocenters. The summed E-state index contributed by atoms with van der Waals surface area (Å²) in [6.07, 6.45) is 5.76. The van der Waals surface area contributed by atoms with Crippen LogP contribution in [0.4, 0.5) is 20.0 Å². The zero-order chi connectivity index (χ0) is 20.8. The van der Waals surface area contributed by atoms with Crippen LogP contribution >= 0.6 is 23.1 Å². The number of benzene rings is 1. The predicted octanol–water partition coefficient (Wildman–Crippen LogP) is 4.70. The number of carbonyl (C=O) groups is 2. The van der Waals surface area contributed by atoms with Crippen molar-refractivity contribution in [3.05, 3.63) is 30.2 Å². The van der Waals surface area contributed by atoms with Gasteiger partial charge in [-0.2, -0.15) is 0 Å². The van der Waals surface area contributed by atoms with Crippen LogP contribution in [-0.2, 0) is 4.79 Å². The number of methoxy groups -OCH3 is 1. The summed E-state index contributed by atoms with van der Waals surface area (Å²) >= 11 is 2.32. The van der Waals surface area contributed by atoms with Gasteiger partial charge in [0.15, 0.2) is 10.9 Å². The number of thiazole rings is 1. The van der Waals surface area contributed by atoms with Crippen LogP contribution in [0.3, 0.4) is 0 Å². The highest BCUT2D eigenvalue weighted by Crippen LogP contribution is 2.32. The number of carboxylic acids is 1. The van der Waals surface area contributed by atoms with E-state index in [2.05, 4.69) is 10.3 Å². The third-order valence-electron chi connectivity index (χ3n) is 4.64. The van der Waals surface area contributed by atoms with Crippen LogP contribution in [0.25, 0.3) is 0 Å². The molecule has 2 aromatic rings. The summed E-state index contributed by atoms with van der Waals surface area (Å²) in [6, 6.07) is 3.95. The Labute approximate surface area is 176 Å². The molecular formula is C19H22FN3O4S2. The fourth-order valence-corrected chi connectivity index (χ4v) is 4.83. The average Bonchev–Trinajstić information content (AvgIpc) is 3.36. The number of aromatic nitrogens is 1. The highest BCUT2D eigenvalue weighted by atomic mass is 32.2. The summed E-state index contributed by atoms with van der Waals surface area (Å²) < 4.78 is 20.4. The lowest BCUT2D eigenvalue weighted by molar-refractivity contribution is -0.133. The minimum absolute atomic E-state index is 0.0829. The number of nitrogens with zero attached hydrogens (tertiary/aromatic N) is 2. The van der Waals surface area contributed by atoms with Gasteiger partial charge in [-0.3, -0.25) is 15.0 Å². The van der Waals surface area contributed by atoms with Gasteiger partial charge in [-0.1, -0.05) is 24.2 Å². The number of nitrogens with one attached hydrogen (secondary N) is 1. The molecule has 0 unspecified atom stereocenters. The number of carbonyl (C=O) groups excluding carboxylic acids is 1. The zero-order valence-electron chi connectivity index (χ0n) is 15.9.